The second kappa shape index (κ2) is 8.25. The maximum absolute atomic E-state index is 12.9. The van der Waals surface area contributed by atoms with E-state index >= 15 is 0 Å². The van der Waals surface area contributed by atoms with Crippen molar-refractivity contribution < 1.29 is 19.2 Å². The van der Waals surface area contributed by atoms with Gasteiger partial charge >= 0.3 is 0 Å². The number of benzene rings is 1. The molecule has 0 aliphatic heterocycles. The van der Waals surface area contributed by atoms with Gasteiger partial charge in [-0.15, -0.1) is 0 Å². The molecule has 1 N–H and O–H groups in total. The predicted octanol–water partition coefficient (Wildman–Crippen LogP) is 4.79. The molecule has 6 heteroatoms. The third kappa shape index (κ3) is 4.24. The Hall–Kier alpha value is -3.02. The maximum atomic E-state index is 12.9. The summed E-state index contributed by atoms with van der Waals surface area (Å²) in [6.07, 6.45) is 2.62. The lowest BCUT2D eigenvalue weighted by Crippen LogP contribution is -2.27. The fourth-order valence-electron chi connectivity index (χ4n) is 4.74. The minimum absolute atomic E-state index is 0.0115. The van der Waals surface area contributed by atoms with Crippen LogP contribution in [0, 0.1) is 5.41 Å². The molecule has 1 atom stereocenters. The van der Waals surface area contributed by atoms with Crippen molar-refractivity contribution in [2.24, 2.45) is 10.4 Å². The van der Waals surface area contributed by atoms with E-state index in [0.29, 0.717) is 60.4 Å². The third-order valence-electron chi connectivity index (χ3n) is 6.26. The van der Waals surface area contributed by atoms with Gasteiger partial charge in [-0.3, -0.25) is 14.6 Å². The first kappa shape index (κ1) is 21.2. The molecule has 0 saturated heterocycles. The first-order valence-corrected chi connectivity index (χ1v) is 10.8. The summed E-state index contributed by atoms with van der Waals surface area (Å²) in [5.41, 5.74) is 3.03. The first-order chi connectivity index (χ1) is 14.8. The highest BCUT2D eigenvalue weighted by atomic mass is 16.5. The van der Waals surface area contributed by atoms with Gasteiger partial charge in [0.05, 0.1) is 16.8 Å². The molecule has 2 aliphatic carbocycles. The molecule has 1 aromatic carbocycles. The van der Waals surface area contributed by atoms with Gasteiger partial charge in [-0.1, -0.05) is 49.3 Å². The number of carbonyl (C=O) groups excluding carboxylic acids is 2. The highest BCUT2D eigenvalue weighted by molar-refractivity contribution is 6.24. The van der Waals surface area contributed by atoms with E-state index in [1.807, 2.05) is 44.2 Å². The van der Waals surface area contributed by atoms with E-state index in [1.54, 1.807) is 7.05 Å². The Morgan fingerprint density at radius 2 is 1.90 bits per heavy atom. The summed E-state index contributed by atoms with van der Waals surface area (Å²) in [6.45, 7) is 4.07. The number of carbonyl (C=O) groups is 2. The summed E-state index contributed by atoms with van der Waals surface area (Å²) in [7, 11) is 1.65. The maximum Gasteiger partial charge on any atom is 0.168 e. The lowest BCUT2D eigenvalue weighted by Gasteiger charge is -2.26. The average molecular weight is 421 g/mol. The Bertz CT molecular complexity index is 1080. The topological polar surface area (TPSA) is 92.8 Å². The van der Waals surface area contributed by atoms with E-state index < -0.39 is 0 Å². The molecule has 0 bridgehead atoms. The highest BCUT2D eigenvalue weighted by Crippen LogP contribution is 2.37. The zero-order valence-corrected chi connectivity index (χ0v) is 18.3. The Labute approximate surface area is 182 Å². The molecule has 31 heavy (non-hydrogen) atoms. The SMILES string of the molecule is CN=C1CC(c2ccccc2)CC(=O)/C1=C(/O)CCc1noc2c1C(=O)CC(C)(C)C2. The van der Waals surface area contributed by atoms with Crippen molar-refractivity contribution in [2.45, 2.75) is 58.3 Å². The zero-order chi connectivity index (χ0) is 22.2. The molecule has 0 radical (unpaired) electrons. The normalized spacial score (nSPS) is 23.7. The van der Waals surface area contributed by atoms with Crippen LogP contribution in [0.25, 0.3) is 0 Å². The van der Waals surface area contributed by atoms with Crippen LogP contribution in [0.1, 0.15) is 72.8 Å². The summed E-state index contributed by atoms with van der Waals surface area (Å²) >= 11 is 0. The minimum Gasteiger partial charge on any atom is -0.511 e. The number of allylic oxidation sites excluding steroid dienone is 2. The molecule has 2 aliphatic rings. The van der Waals surface area contributed by atoms with E-state index in [0.717, 1.165) is 5.56 Å². The van der Waals surface area contributed by atoms with E-state index in [9.17, 15) is 14.7 Å². The number of nitrogens with zero attached hydrogens (tertiary/aromatic N) is 2. The van der Waals surface area contributed by atoms with Crippen LogP contribution < -0.4 is 0 Å². The summed E-state index contributed by atoms with van der Waals surface area (Å²) in [4.78, 5) is 29.8. The van der Waals surface area contributed by atoms with Crippen molar-refractivity contribution in [3.63, 3.8) is 0 Å². The number of hydrogen-bond donors (Lipinski definition) is 1. The number of ketones is 2. The van der Waals surface area contributed by atoms with Gasteiger partial charge in [-0.05, 0) is 23.3 Å². The number of aryl methyl sites for hydroxylation is 1. The monoisotopic (exact) mass is 420 g/mol. The quantitative estimate of drug-likeness (QED) is 0.567. The summed E-state index contributed by atoms with van der Waals surface area (Å²) in [5, 5.41) is 14.9. The van der Waals surface area contributed by atoms with Crippen LogP contribution >= 0.6 is 0 Å². The third-order valence-corrected chi connectivity index (χ3v) is 6.26. The molecular formula is C25H28N2O4. The second-order valence-electron chi connectivity index (χ2n) is 9.30. The van der Waals surface area contributed by atoms with Crippen LogP contribution in [0.5, 0.6) is 0 Å². The largest absolute Gasteiger partial charge is 0.511 e. The highest BCUT2D eigenvalue weighted by Gasteiger charge is 2.37. The van der Waals surface area contributed by atoms with Crippen LogP contribution in [0.4, 0.5) is 0 Å². The second-order valence-corrected chi connectivity index (χ2v) is 9.30. The van der Waals surface area contributed by atoms with E-state index in [2.05, 4.69) is 10.1 Å². The Morgan fingerprint density at radius 1 is 1.16 bits per heavy atom. The number of aliphatic imine (C=N–C) groups is 1. The first-order valence-electron chi connectivity index (χ1n) is 10.8. The number of fused-ring (bicyclic) bond motifs is 1. The van der Waals surface area contributed by atoms with Crippen LogP contribution in [-0.2, 0) is 17.6 Å². The molecular weight excluding hydrogens is 392 g/mol. The predicted molar refractivity (Wildman–Crippen MR) is 118 cm³/mol. The Balaban J connectivity index is 1.52. The van der Waals surface area contributed by atoms with Crippen molar-refractivity contribution in [3.05, 3.63) is 64.2 Å². The van der Waals surface area contributed by atoms with E-state index in [-0.39, 0.29) is 35.1 Å². The molecule has 1 unspecified atom stereocenters. The number of rotatable bonds is 4. The fraction of sp³-hybridized carbons (Fsp3) is 0.440. The van der Waals surface area contributed by atoms with Crippen LogP contribution in [0.2, 0.25) is 0 Å². The summed E-state index contributed by atoms with van der Waals surface area (Å²) < 4.78 is 5.44. The van der Waals surface area contributed by atoms with Crippen molar-refractivity contribution in [2.75, 3.05) is 7.05 Å². The zero-order valence-electron chi connectivity index (χ0n) is 18.3. The van der Waals surface area contributed by atoms with Gasteiger partial charge in [-0.25, -0.2) is 0 Å². The molecule has 6 nitrogen and oxygen atoms in total. The molecule has 0 spiro atoms. The van der Waals surface area contributed by atoms with Gasteiger partial charge in [0.2, 0.25) is 0 Å². The molecule has 4 rings (SSSR count). The molecule has 1 aromatic heterocycles. The van der Waals surface area contributed by atoms with E-state index in [1.165, 1.54) is 0 Å². The molecule has 162 valence electrons. The van der Waals surface area contributed by atoms with E-state index in [4.69, 9.17) is 4.52 Å². The standard InChI is InChI=1S/C25H28N2O4/c1-25(2)13-21(30)24-17(27-31-22(24)14-25)9-10-19(28)23-18(26-3)11-16(12-20(23)29)15-7-5-4-6-8-15/h4-8,16,28H,9-14H2,1-3H3/b23-19+,26-18?. The number of hydrogen-bond acceptors (Lipinski definition) is 6. The Kier molecular flexibility index (Phi) is 5.65. The molecule has 0 amide bonds. The summed E-state index contributed by atoms with van der Waals surface area (Å²) in [5.74, 6) is 0.631. The van der Waals surface area contributed by atoms with Crippen molar-refractivity contribution in [1.29, 1.82) is 0 Å². The molecule has 1 saturated carbocycles. The number of aliphatic hydroxyl groups is 1. The van der Waals surface area contributed by atoms with Crippen LogP contribution in [-0.4, -0.2) is 34.6 Å². The molecule has 2 aromatic rings. The number of aromatic nitrogens is 1. The van der Waals surface area contributed by atoms with Gasteiger partial charge in [0, 0.05) is 44.9 Å². The van der Waals surface area contributed by atoms with Gasteiger partial charge in [0.15, 0.2) is 11.6 Å². The van der Waals surface area contributed by atoms with Gasteiger partial charge in [-0.2, -0.15) is 0 Å². The number of Topliss-reactive ketones (excluding diaryl/α,β-unsaturated/α-hetero) is 2. The fourth-order valence-corrected chi connectivity index (χ4v) is 4.74. The van der Waals surface area contributed by atoms with Crippen molar-refractivity contribution >= 4 is 17.3 Å². The van der Waals surface area contributed by atoms with Gasteiger partial charge < -0.3 is 9.63 Å². The lowest BCUT2D eigenvalue weighted by atomic mass is 9.76. The van der Waals surface area contributed by atoms with Crippen molar-refractivity contribution in [3.8, 4) is 0 Å². The van der Waals surface area contributed by atoms with Gasteiger partial charge in [0.1, 0.15) is 11.5 Å². The Morgan fingerprint density at radius 3 is 2.61 bits per heavy atom. The average Bonchev–Trinajstić information content (AvgIpc) is 3.13. The minimum atomic E-state index is -0.138. The van der Waals surface area contributed by atoms with Crippen LogP contribution in [0.15, 0.2) is 51.2 Å². The molecule has 1 heterocycles. The molecule has 1 fully saturated rings. The smallest absolute Gasteiger partial charge is 0.168 e. The van der Waals surface area contributed by atoms with Gasteiger partial charge in [0.25, 0.3) is 0 Å². The van der Waals surface area contributed by atoms with Crippen molar-refractivity contribution in [1.82, 2.24) is 5.16 Å². The van der Waals surface area contributed by atoms with Crippen LogP contribution in [0.3, 0.4) is 0 Å². The number of aliphatic hydroxyl groups excluding tert-OH is 1. The lowest BCUT2D eigenvalue weighted by molar-refractivity contribution is -0.116. The summed E-state index contributed by atoms with van der Waals surface area (Å²) in [6, 6.07) is 9.92.